The Balaban J connectivity index is 2.79. The number of rotatable bonds is 12. The van der Waals surface area contributed by atoms with Crippen LogP contribution in [0.4, 0.5) is 0 Å². The number of nitrogens with two attached hydrogens (primary N) is 1. The molecule has 0 saturated heterocycles. The molecule has 1 aromatic carbocycles. The summed E-state index contributed by atoms with van der Waals surface area (Å²) in [6.07, 6.45) is -0.842. The Morgan fingerprint density at radius 2 is 1.50 bits per heavy atom. The van der Waals surface area contributed by atoms with Gasteiger partial charge in [-0.2, -0.15) is 12.6 Å². The SMILES string of the molecule is CC(NC(=O)C(CC(=O)O)NC(=O)C(N)CS)C(=O)NC(Cc1ccc(O)cc1)C(=O)O. The number of carbonyl (C=O) groups excluding carboxylic acids is 3. The molecule has 0 aliphatic carbocycles. The Kier molecular flexibility index (Phi) is 10.4. The molecule has 0 aliphatic heterocycles. The van der Waals surface area contributed by atoms with Gasteiger partial charge in [0.2, 0.25) is 17.7 Å². The van der Waals surface area contributed by atoms with Crippen LogP contribution >= 0.6 is 12.6 Å². The highest BCUT2D eigenvalue weighted by atomic mass is 32.1. The second-order valence-electron chi connectivity index (χ2n) is 6.95. The monoisotopic (exact) mass is 470 g/mol. The van der Waals surface area contributed by atoms with Gasteiger partial charge in [-0.1, -0.05) is 12.1 Å². The molecule has 3 amide bonds. The van der Waals surface area contributed by atoms with Gasteiger partial charge in [-0.05, 0) is 24.6 Å². The van der Waals surface area contributed by atoms with Crippen LogP contribution in [0.15, 0.2) is 24.3 Å². The smallest absolute Gasteiger partial charge is 0.326 e. The van der Waals surface area contributed by atoms with Crippen molar-refractivity contribution in [2.24, 2.45) is 5.73 Å². The molecule has 0 radical (unpaired) electrons. The van der Waals surface area contributed by atoms with E-state index >= 15 is 0 Å². The van der Waals surface area contributed by atoms with E-state index in [1.807, 2.05) is 0 Å². The van der Waals surface area contributed by atoms with Crippen LogP contribution in [0.25, 0.3) is 0 Å². The lowest BCUT2D eigenvalue weighted by molar-refractivity contribution is -0.143. The van der Waals surface area contributed by atoms with E-state index in [4.69, 9.17) is 10.8 Å². The van der Waals surface area contributed by atoms with Crippen molar-refractivity contribution in [1.82, 2.24) is 16.0 Å². The van der Waals surface area contributed by atoms with Crippen LogP contribution in [0, 0.1) is 0 Å². The molecule has 0 aliphatic rings. The standard InChI is InChI=1S/C19H26N4O8S/c1-9(21-18(29)13(7-15(25)26)22-17(28)12(20)8-32)16(27)23-14(19(30)31)6-10-2-4-11(24)5-3-10/h2-5,9,12-14,24,32H,6-8,20H2,1H3,(H,21,29)(H,22,28)(H,23,27)(H,25,26)(H,30,31). The molecule has 12 nitrogen and oxygen atoms in total. The average Bonchev–Trinajstić information content (AvgIpc) is 2.72. The lowest BCUT2D eigenvalue weighted by Gasteiger charge is -2.22. The number of carboxylic acid groups (broad SMARTS) is 2. The Morgan fingerprint density at radius 3 is 2.00 bits per heavy atom. The second kappa shape index (κ2) is 12.5. The number of carbonyl (C=O) groups is 5. The molecular weight excluding hydrogens is 444 g/mol. The Bertz CT molecular complexity index is 848. The first-order valence-electron chi connectivity index (χ1n) is 9.44. The first-order chi connectivity index (χ1) is 14.9. The molecule has 8 N–H and O–H groups in total. The van der Waals surface area contributed by atoms with E-state index in [-0.39, 0.29) is 17.9 Å². The second-order valence-corrected chi connectivity index (χ2v) is 7.31. The summed E-state index contributed by atoms with van der Waals surface area (Å²) in [6, 6.07) is 0.595. The quantitative estimate of drug-likeness (QED) is 0.162. The first-order valence-corrected chi connectivity index (χ1v) is 10.1. The number of phenols is 1. The third kappa shape index (κ3) is 8.81. The maximum absolute atomic E-state index is 12.4. The van der Waals surface area contributed by atoms with E-state index in [1.54, 1.807) is 0 Å². The zero-order chi connectivity index (χ0) is 24.4. The van der Waals surface area contributed by atoms with Crippen molar-refractivity contribution in [3.63, 3.8) is 0 Å². The van der Waals surface area contributed by atoms with E-state index in [1.165, 1.54) is 31.2 Å². The first kappa shape index (κ1) is 26.7. The number of aliphatic carboxylic acids is 2. The molecule has 32 heavy (non-hydrogen) atoms. The largest absolute Gasteiger partial charge is 0.508 e. The van der Waals surface area contributed by atoms with E-state index in [9.17, 15) is 34.2 Å². The van der Waals surface area contributed by atoms with Crippen molar-refractivity contribution in [1.29, 1.82) is 0 Å². The van der Waals surface area contributed by atoms with Gasteiger partial charge in [-0.15, -0.1) is 0 Å². The van der Waals surface area contributed by atoms with E-state index in [0.29, 0.717) is 5.56 Å². The Hall–Kier alpha value is -3.32. The number of aromatic hydroxyl groups is 1. The molecule has 0 fully saturated rings. The highest BCUT2D eigenvalue weighted by Crippen LogP contribution is 2.11. The highest BCUT2D eigenvalue weighted by Gasteiger charge is 2.29. The van der Waals surface area contributed by atoms with E-state index in [0.717, 1.165) is 0 Å². The molecular formula is C19H26N4O8S. The topological polar surface area (TPSA) is 208 Å². The summed E-state index contributed by atoms with van der Waals surface area (Å²) in [6.45, 7) is 1.27. The van der Waals surface area contributed by atoms with E-state index < -0.39 is 60.2 Å². The number of carboxylic acids is 2. The van der Waals surface area contributed by atoms with Crippen molar-refractivity contribution in [3.8, 4) is 5.75 Å². The minimum Gasteiger partial charge on any atom is -0.508 e. The van der Waals surface area contributed by atoms with Crippen LogP contribution in [0.3, 0.4) is 0 Å². The van der Waals surface area contributed by atoms with Gasteiger partial charge in [0.05, 0.1) is 12.5 Å². The van der Waals surface area contributed by atoms with Crippen LogP contribution in [0.1, 0.15) is 18.9 Å². The summed E-state index contributed by atoms with van der Waals surface area (Å²) in [5.41, 5.74) is 6.04. The summed E-state index contributed by atoms with van der Waals surface area (Å²) in [5, 5.41) is 34.4. The molecule has 0 saturated carbocycles. The van der Waals surface area contributed by atoms with Gasteiger partial charge in [0.25, 0.3) is 0 Å². The molecule has 4 atom stereocenters. The maximum Gasteiger partial charge on any atom is 0.326 e. The molecule has 0 bridgehead atoms. The zero-order valence-corrected chi connectivity index (χ0v) is 18.0. The number of nitrogens with one attached hydrogen (secondary N) is 3. The minimum atomic E-state index is -1.51. The minimum absolute atomic E-state index is 0.000623. The summed E-state index contributed by atoms with van der Waals surface area (Å²) >= 11 is 3.85. The normalized spacial score (nSPS) is 14.3. The van der Waals surface area contributed by atoms with Crippen LogP contribution in [-0.2, 0) is 30.4 Å². The molecule has 1 rings (SSSR count). The van der Waals surface area contributed by atoms with Crippen molar-refractivity contribution in [2.75, 3.05) is 5.75 Å². The Labute approximate surface area is 189 Å². The van der Waals surface area contributed by atoms with Crippen molar-refractivity contribution < 1.29 is 39.3 Å². The van der Waals surface area contributed by atoms with Gasteiger partial charge in [0.1, 0.15) is 23.9 Å². The van der Waals surface area contributed by atoms with Crippen molar-refractivity contribution >= 4 is 42.3 Å². The predicted molar refractivity (Wildman–Crippen MR) is 115 cm³/mol. The van der Waals surface area contributed by atoms with Crippen molar-refractivity contribution in [2.45, 2.75) is 43.9 Å². The summed E-state index contributed by atoms with van der Waals surface area (Å²) < 4.78 is 0. The molecule has 0 heterocycles. The fourth-order valence-corrected chi connectivity index (χ4v) is 2.66. The fraction of sp³-hybridized carbons (Fsp3) is 0.421. The molecule has 176 valence electrons. The third-order valence-corrected chi connectivity index (χ3v) is 4.68. The van der Waals surface area contributed by atoms with E-state index in [2.05, 4.69) is 28.6 Å². The molecule has 4 unspecified atom stereocenters. The van der Waals surface area contributed by atoms with Gasteiger partial charge in [0.15, 0.2) is 0 Å². The molecule has 1 aromatic rings. The van der Waals surface area contributed by atoms with Crippen LogP contribution in [0.2, 0.25) is 0 Å². The maximum atomic E-state index is 12.4. The average molecular weight is 471 g/mol. The van der Waals surface area contributed by atoms with Crippen LogP contribution in [0.5, 0.6) is 5.75 Å². The number of benzene rings is 1. The zero-order valence-electron chi connectivity index (χ0n) is 17.1. The molecule has 13 heteroatoms. The van der Waals surface area contributed by atoms with Gasteiger partial charge >= 0.3 is 11.9 Å². The Morgan fingerprint density at radius 1 is 0.938 bits per heavy atom. The number of amides is 3. The predicted octanol–water partition coefficient (Wildman–Crippen LogP) is -1.77. The highest BCUT2D eigenvalue weighted by molar-refractivity contribution is 7.80. The summed E-state index contributed by atoms with van der Waals surface area (Å²) in [4.78, 5) is 59.2. The van der Waals surface area contributed by atoms with Gasteiger partial charge < -0.3 is 37.0 Å². The number of hydrogen-bond donors (Lipinski definition) is 8. The third-order valence-electron chi connectivity index (χ3n) is 4.29. The lowest BCUT2D eigenvalue weighted by Crippen LogP contribution is -2.57. The summed E-state index contributed by atoms with van der Waals surface area (Å²) in [5.74, 6) is -5.32. The van der Waals surface area contributed by atoms with Gasteiger partial charge in [-0.3, -0.25) is 19.2 Å². The van der Waals surface area contributed by atoms with Crippen LogP contribution in [-0.4, -0.2) is 74.9 Å². The summed E-state index contributed by atoms with van der Waals surface area (Å²) in [7, 11) is 0. The van der Waals surface area contributed by atoms with Gasteiger partial charge in [0, 0.05) is 12.2 Å². The fourth-order valence-electron chi connectivity index (χ4n) is 2.49. The molecule has 0 aromatic heterocycles. The number of phenolic OH excluding ortho intramolecular Hbond substituents is 1. The van der Waals surface area contributed by atoms with Gasteiger partial charge in [-0.25, -0.2) is 4.79 Å². The lowest BCUT2D eigenvalue weighted by atomic mass is 10.1. The van der Waals surface area contributed by atoms with Crippen molar-refractivity contribution in [3.05, 3.63) is 29.8 Å². The van der Waals surface area contributed by atoms with Crippen LogP contribution < -0.4 is 21.7 Å². The molecule has 0 spiro atoms. The number of thiol groups is 1. The number of hydrogen-bond acceptors (Lipinski definition) is 8.